The first-order valence-corrected chi connectivity index (χ1v) is 5.31. The summed E-state index contributed by atoms with van der Waals surface area (Å²) < 4.78 is 42.0. The van der Waals surface area contributed by atoms with Gasteiger partial charge in [0.05, 0.1) is 5.69 Å². The first-order chi connectivity index (χ1) is 8.70. The van der Waals surface area contributed by atoms with Gasteiger partial charge in [0.15, 0.2) is 19.0 Å². The molecule has 0 atom stereocenters. The van der Waals surface area contributed by atoms with Crippen LogP contribution < -0.4 is 10.2 Å². The lowest BCUT2D eigenvalue weighted by atomic mass is 10.3. The number of halogens is 3. The van der Waals surface area contributed by atoms with Crippen molar-refractivity contribution in [1.82, 2.24) is 15.3 Å². The second-order valence-corrected chi connectivity index (χ2v) is 3.84. The predicted molar refractivity (Wildman–Crippen MR) is 58.3 cm³/mol. The lowest BCUT2D eigenvalue weighted by Crippen LogP contribution is -2.32. The zero-order chi connectivity index (χ0) is 14.6. The van der Waals surface area contributed by atoms with E-state index < -0.39 is 25.3 Å². The van der Waals surface area contributed by atoms with Crippen LogP contribution in [0.1, 0.15) is 11.4 Å². The number of aryl methyl sites for hydroxylation is 2. The molecule has 0 unspecified atom stereocenters. The second-order valence-electron chi connectivity index (χ2n) is 3.84. The smallest absolute Gasteiger partial charge is 0.414 e. The second kappa shape index (κ2) is 5.91. The first kappa shape index (κ1) is 15.3. The van der Waals surface area contributed by atoms with Crippen molar-refractivity contribution in [2.45, 2.75) is 20.0 Å². The Hall–Kier alpha value is -1.77. The Kier molecular flexibility index (Phi) is 4.76. The normalized spacial score (nSPS) is 11.5. The van der Waals surface area contributed by atoms with E-state index in [4.69, 9.17) is 4.74 Å². The van der Waals surface area contributed by atoms with Gasteiger partial charge in [-0.3, -0.25) is 14.3 Å². The molecule has 0 aliphatic rings. The van der Waals surface area contributed by atoms with Gasteiger partial charge in [0.1, 0.15) is 5.69 Å². The zero-order valence-electron chi connectivity index (χ0n) is 10.7. The predicted octanol–water partition coefficient (Wildman–Crippen LogP) is 1.03. The van der Waals surface area contributed by atoms with Crippen molar-refractivity contribution in [2.75, 3.05) is 13.2 Å². The average molecular weight is 281 g/mol. The van der Waals surface area contributed by atoms with E-state index >= 15 is 0 Å². The lowest BCUT2D eigenvalue weighted by molar-refractivity contribution is -0.192. The highest BCUT2D eigenvalue weighted by atomic mass is 19.4. The van der Waals surface area contributed by atoms with Gasteiger partial charge >= 0.3 is 6.18 Å². The van der Waals surface area contributed by atoms with Crippen molar-refractivity contribution in [3.63, 3.8) is 0 Å². The number of nitrogens with one attached hydrogen (secondary N) is 1. The number of hydroxylamine groups is 1. The molecule has 0 aliphatic heterocycles. The number of hydrogen-bond acceptors (Lipinski definition) is 4. The highest BCUT2D eigenvalue weighted by Gasteiger charge is 2.28. The van der Waals surface area contributed by atoms with Crippen LogP contribution in [0.5, 0.6) is 5.75 Å². The molecule has 1 heterocycles. The molecule has 6 nitrogen and oxygen atoms in total. The van der Waals surface area contributed by atoms with E-state index in [1.54, 1.807) is 31.1 Å². The minimum absolute atomic E-state index is 0.425. The monoisotopic (exact) mass is 281 g/mol. The van der Waals surface area contributed by atoms with Crippen LogP contribution >= 0.6 is 0 Å². The molecule has 1 aromatic rings. The molecule has 0 aromatic carbocycles. The molecule has 0 aliphatic carbocycles. The van der Waals surface area contributed by atoms with Gasteiger partial charge in [-0.1, -0.05) is 0 Å². The summed E-state index contributed by atoms with van der Waals surface area (Å²) >= 11 is 0. The molecule has 19 heavy (non-hydrogen) atoms. The topological polar surface area (TPSA) is 65.4 Å². The molecule has 0 bridgehead atoms. The minimum atomic E-state index is -4.50. The summed E-state index contributed by atoms with van der Waals surface area (Å²) in [6.07, 6.45) is -4.50. The van der Waals surface area contributed by atoms with Crippen molar-refractivity contribution in [1.29, 1.82) is 0 Å². The third-order valence-corrected chi connectivity index (χ3v) is 2.21. The van der Waals surface area contributed by atoms with Crippen LogP contribution in [0.15, 0.2) is 0 Å². The van der Waals surface area contributed by atoms with Crippen molar-refractivity contribution in [3.8, 4) is 5.75 Å². The van der Waals surface area contributed by atoms with Crippen LogP contribution in [0.4, 0.5) is 13.2 Å². The van der Waals surface area contributed by atoms with Gasteiger partial charge in [-0.05, 0) is 13.8 Å². The maximum Gasteiger partial charge on any atom is 0.414 e. The molecule has 0 saturated carbocycles. The Morgan fingerprint density at radius 3 is 2.53 bits per heavy atom. The molecule has 0 fully saturated rings. The minimum Gasteiger partial charge on any atom is -0.480 e. The fourth-order valence-corrected chi connectivity index (χ4v) is 1.33. The summed E-state index contributed by atoms with van der Waals surface area (Å²) in [5.41, 5.74) is 2.94. The van der Waals surface area contributed by atoms with E-state index in [0.717, 1.165) is 0 Å². The molecule has 1 aromatic heterocycles. The highest BCUT2D eigenvalue weighted by Crippen LogP contribution is 2.21. The molecule has 0 spiro atoms. The number of aromatic nitrogens is 2. The Morgan fingerprint density at radius 2 is 2.05 bits per heavy atom. The molecule has 1 rings (SSSR count). The van der Waals surface area contributed by atoms with Crippen LogP contribution in [-0.4, -0.2) is 35.1 Å². The lowest BCUT2D eigenvalue weighted by Gasteiger charge is -2.09. The Bertz CT molecular complexity index is 457. The van der Waals surface area contributed by atoms with E-state index in [0.29, 0.717) is 17.1 Å². The Balaban J connectivity index is 2.38. The molecule has 108 valence electrons. The molecule has 0 radical (unpaired) electrons. The summed E-state index contributed by atoms with van der Waals surface area (Å²) in [7, 11) is 1.71. The van der Waals surface area contributed by atoms with Crippen LogP contribution in [0.25, 0.3) is 0 Å². The van der Waals surface area contributed by atoms with Gasteiger partial charge in [0.2, 0.25) is 0 Å². The van der Waals surface area contributed by atoms with Crippen LogP contribution in [0.2, 0.25) is 0 Å². The van der Waals surface area contributed by atoms with Crippen LogP contribution in [-0.2, 0) is 16.7 Å². The van der Waals surface area contributed by atoms with Gasteiger partial charge in [-0.15, -0.1) is 0 Å². The van der Waals surface area contributed by atoms with E-state index in [1.165, 1.54) is 0 Å². The van der Waals surface area contributed by atoms with E-state index in [-0.39, 0.29) is 0 Å². The number of rotatable bonds is 5. The van der Waals surface area contributed by atoms with E-state index in [9.17, 15) is 18.0 Å². The van der Waals surface area contributed by atoms with E-state index in [2.05, 4.69) is 9.94 Å². The van der Waals surface area contributed by atoms with Gasteiger partial charge in [0.25, 0.3) is 5.91 Å². The number of nitrogens with zero attached hydrogens (tertiary/aromatic N) is 2. The summed E-state index contributed by atoms with van der Waals surface area (Å²) in [6.45, 7) is 1.43. The van der Waals surface area contributed by atoms with Gasteiger partial charge in [0, 0.05) is 7.05 Å². The molecular weight excluding hydrogens is 267 g/mol. The number of carbonyl (C=O) groups excluding carboxylic acids is 1. The summed E-state index contributed by atoms with van der Waals surface area (Å²) in [4.78, 5) is 15.2. The zero-order valence-corrected chi connectivity index (χ0v) is 10.7. The van der Waals surface area contributed by atoms with Crippen molar-refractivity contribution < 1.29 is 27.5 Å². The van der Waals surface area contributed by atoms with Crippen molar-refractivity contribution in [3.05, 3.63) is 11.4 Å². The SMILES string of the molecule is Cc1nn(C)c(C)c1OCC(=O)NOCC(F)(F)F. The maximum atomic E-state index is 11.7. The number of carbonyl (C=O) groups is 1. The van der Waals surface area contributed by atoms with Gasteiger partial charge < -0.3 is 4.74 Å². The molecule has 0 saturated heterocycles. The molecule has 1 amide bonds. The fraction of sp³-hybridized carbons (Fsp3) is 0.600. The Morgan fingerprint density at radius 1 is 1.42 bits per heavy atom. The van der Waals surface area contributed by atoms with E-state index in [1.807, 2.05) is 0 Å². The fourth-order valence-electron chi connectivity index (χ4n) is 1.33. The van der Waals surface area contributed by atoms with Gasteiger partial charge in [-0.2, -0.15) is 18.3 Å². The highest BCUT2D eigenvalue weighted by molar-refractivity contribution is 5.76. The summed E-state index contributed by atoms with van der Waals surface area (Å²) in [5, 5.41) is 4.06. The molecular formula is C10H14F3N3O3. The number of ether oxygens (including phenoxy) is 1. The summed E-state index contributed by atoms with van der Waals surface area (Å²) in [5.74, 6) is -0.389. The first-order valence-electron chi connectivity index (χ1n) is 5.31. The third kappa shape index (κ3) is 4.78. The number of hydrogen-bond donors (Lipinski definition) is 1. The standard InChI is InChI=1S/C10H14F3N3O3/c1-6-9(7(2)16(3)14-6)18-4-8(17)15-19-5-10(11,12)13/h4-5H2,1-3H3,(H,15,17). The average Bonchev–Trinajstić information content (AvgIpc) is 2.49. The quantitative estimate of drug-likeness (QED) is 0.819. The number of alkyl halides is 3. The molecule has 1 N–H and O–H groups in total. The maximum absolute atomic E-state index is 11.7. The van der Waals surface area contributed by atoms with Crippen LogP contribution in [0.3, 0.4) is 0 Å². The summed E-state index contributed by atoms with van der Waals surface area (Å²) in [6, 6.07) is 0. The van der Waals surface area contributed by atoms with Crippen LogP contribution in [0, 0.1) is 13.8 Å². The third-order valence-electron chi connectivity index (χ3n) is 2.21. The Labute approximate surface area is 107 Å². The van der Waals surface area contributed by atoms with Crippen molar-refractivity contribution >= 4 is 5.91 Å². The number of amides is 1. The van der Waals surface area contributed by atoms with Gasteiger partial charge in [-0.25, -0.2) is 5.48 Å². The largest absolute Gasteiger partial charge is 0.480 e. The molecule has 9 heteroatoms. The van der Waals surface area contributed by atoms with Crippen molar-refractivity contribution in [2.24, 2.45) is 7.05 Å².